The topological polar surface area (TPSA) is 44.4 Å². The van der Waals surface area contributed by atoms with Gasteiger partial charge < -0.3 is 10.6 Å². The van der Waals surface area contributed by atoms with E-state index in [0.717, 1.165) is 13.1 Å². The van der Waals surface area contributed by atoms with Gasteiger partial charge in [-0.1, -0.05) is 48.0 Å². The van der Waals surface area contributed by atoms with E-state index in [2.05, 4.69) is 27.7 Å². The zero-order chi connectivity index (χ0) is 16.8. The van der Waals surface area contributed by atoms with Crippen LogP contribution in [-0.4, -0.2) is 30.6 Å². The number of amides is 2. The normalized spacial score (nSPS) is 15.9. The molecule has 0 aromatic heterocycles. The van der Waals surface area contributed by atoms with Crippen LogP contribution in [0.2, 0.25) is 5.02 Å². The van der Waals surface area contributed by atoms with E-state index in [4.69, 9.17) is 11.6 Å². The van der Waals surface area contributed by atoms with Gasteiger partial charge in [0.05, 0.1) is 6.04 Å². The average Bonchev–Trinajstić information content (AvgIpc) is 3.10. The highest BCUT2D eigenvalue weighted by atomic mass is 35.5. The van der Waals surface area contributed by atoms with Crippen molar-refractivity contribution in [3.63, 3.8) is 0 Å². The lowest BCUT2D eigenvalue weighted by Crippen LogP contribution is -2.38. The van der Waals surface area contributed by atoms with Crippen LogP contribution in [0.15, 0.2) is 54.6 Å². The molecule has 0 saturated carbocycles. The van der Waals surface area contributed by atoms with Crippen molar-refractivity contribution in [3.8, 4) is 0 Å². The zero-order valence-electron chi connectivity index (χ0n) is 13.5. The fourth-order valence-electron chi connectivity index (χ4n) is 3.12. The quantitative estimate of drug-likeness (QED) is 0.850. The average molecular weight is 344 g/mol. The lowest BCUT2D eigenvalue weighted by Gasteiger charge is -2.28. The van der Waals surface area contributed by atoms with E-state index in [1.54, 1.807) is 12.1 Å². The predicted molar refractivity (Wildman–Crippen MR) is 98.5 cm³/mol. The molecule has 2 N–H and O–H groups in total. The first kappa shape index (κ1) is 16.8. The van der Waals surface area contributed by atoms with E-state index in [1.807, 2.05) is 30.3 Å². The van der Waals surface area contributed by atoms with Crippen LogP contribution in [0.5, 0.6) is 0 Å². The highest BCUT2D eigenvalue weighted by Gasteiger charge is 2.23. The molecule has 2 aromatic rings. The number of halogens is 1. The molecule has 1 saturated heterocycles. The van der Waals surface area contributed by atoms with Gasteiger partial charge in [-0.3, -0.25) is 4.90 Å². The predicted octanol–water partition coefficient (Wildman–Crippen LogP) is 4.30. The molecule has 1 heterocycles. The summed E-state index contributed by atoms with van der Waals surface area (Å²) in [6, 6.07) is 17.5. The Morgan fingerprint density at radius 3 is 2.54 bits per heavy atom. The summed E-state index contributed by atoms with van der Waals surface area (Å²) in [7, 11) is 0. The van der Waals surface area contributed by atoms with Crippen molar-refractivity contribution < 1.29 is 4.79 Å². The number of anilines is 1. The molecule has 1 aliphatic rings. The summed E-state index contributed by atoms with van der Waals surface area (Å²) < 4.78 is 0. The molecule has 0 bridgehead atoms. The van der Waals surface area contributed by atoms with Gasteiger partial charge in [-0.25, -0.2) is 4.79 Å². The maximum Gasteiger partial charge on any atom is 0.319 e. The first-order chi connectivity index (χ1) is 11.7. The minimum absolute atomic E-state index is 0.207. The van der Waals surface area contributed by atoms with E-state index in [1.165, 1.54) is 18.4 Å². The Labute approximate surface area is 147 Å². The SMILES string of the molecule is O=C(NCC(c1ccccc1)N1CCCC1)Nc1cccc(Cl)c1. The van der Waals surface area contributed by atoms with Crippen LogP contribution in [-0.2, 0) is 0 Å². The van der Waals surface area contributed by atoms with Crippen molar-refractivity contribution in [1.82, 2.24) is 10.2 Å². The first-order valence-electron chi connectivity index (χ1n) is 8.32. The van der Waals surface area contributed by atoms with Gasteiger partial charge >= 0.3 is 6.03 Å². The van der Waals surface area contributed by atoms with Gasteiger partial charge in [0.2, 0.25) is 0 Å². The zero-order valence-corrected chi connectivity index (χ0v) is 14.3. The van der Waals surface area contributed by atoms with Crippen molar-refractivity contribution in [3.05, 3.63) is 65.2 Å². The van der Waals surface area contributed by atoms with Crippen molar-refractivity contribution in [2.75, 3.05) is 25.0 Å². The van der Waals surface area contributed by atoms with Gasteiger partial charge in [0, 0.05) is 17.3 Å². The van der Waals surface area contributed by atoms with E-state index >= 15 is 0 Å². The second-order valence-corrected chi connectivity index (χ2v) is 6.45. The fraction of sp³-hybridized carbons (Fsp3) is 0.316. The number of carbonyl (C=O) groups excluding carboxylic acids is 1. The van der Waals surface area contributed by atoms with E-state index in [-0.39, 0.29) is 12.1 Å². The fourth-order valence-corrected chi connectivity index (χ4v) is 3.31. The number of nitrogens with one attached hydrogen (secondary N) is 2. The third-order valence-corrected chi connectivity index (χ3v) is 4.54. The number of carbonyl (C=O) groups is 1. The molecule has 1 atom stereocenters. The maximum atomic E-state index is 12.2. The Morgan fingerprint density at radius 2 is 1.83 bits per heavy atom. The summed E-state index contributed by atoms with van der Waals surface area (Å²) in [6.07, 6.45) is 2.44. The second-order valence-electron chi connectivity index (χ2n) is 6.01. The molecule has 1 unspecified atom stereocenters. The van der Waals surface area contributed by atoms with E-state index in [0.29, 0.717) is 17.3 Å². The van der Waals surface area contributed by atoms with Crippen LogP contribution in [0, 0.1) is 0 Å². The van der Waals surface area contributed by atoms with E-state index < -0.39 is 0 Å². The molecule has 1 aliphatic heterocycles. The van der Waals surface area contributed by atoms with Gasteiger partial charge in [0.15, 0.2) is 0 Å². The second kappa shape index (κ2) is 8.18. The van der Waals surface area contributed by atoms with Crippen LogP contribution >= 0.6 is 11.6 Å². The summed E-state index contributed by atoms with van der Waals surface area (Å²) in [4.78, 5) is 14.6. The largest absolute Gasteiger partial charge is 0.336 e. The first-order valence-corrected chi connectivity index (χ1v) is 8.69. The smallest absolute Gasteiger partial charge is 0.319 e. The highest BCUT2D eigenvalue weighted by molar-refractivity contribution is 6.30. The molecule has 2 aromatic carbocycles. The van der Waals surface area contributed by atoms with Crippen LogP contribution < -0.4 is 10.6 Å². The Bertz CT molecular complexity index is 671. The number of hydrogen-bond donors (Lipinski definition) is 2. The Balaban J connectivity index is 1.61. The van der Waals surface area contributed by atoms with Crippen molar-refractivity contribution in [1.29, 1.82) is 0 Å². The number of rotatable bonds is 5. The molecule has 0 spiro atoms. The molecule has 24 heavy (non-hydrogen) atoms. The lowest BCUT2D eigenvalue weighted by molar-refractivity contribution is 0.227. The number of benzene rings is 2. The molecular weight excluding hydrogens is 322 g/mol. The highest BCUT2D eigenvalue weighted by Crippen LogP contribution is 2.24. The van der Waals surface area contributed by atoms with Crippen LogP contribution in [0.4, 0.5) is 10.5 Å². The molecule has 2 amide bonds. The molecule has 1 fully saturated rings. The molecular formula is C19H22ClN3O. The molecule has 3 rings (SSSR count). The standard InChI is InChI=1S/C19H22ClN3O/c20-16-9-6-10-17(13-16)22-19(24)21-14-18(23-11-4-5-12-23)15-7-2-1-3-8-15/h1-3,6-10,13,18H,4-5,11-12,14H2,(H2,21,22,24). The van der Waals surface area contributed by atoms with E-state index in [9.17, 15) is 4.79 Å². The number of likely N-dealkylation sites (tertiary alicyclic amines) is 1. The van der Waals surface area contributed by atoms with Crippen LogP contribution in [0.1, 0.15) is 24.4 Å². The summed E-state index contributed by atoms with van der Waals surface area (Å²) in [5, 5.41) is 6.42. The van der Waals surface area contributed by atoms with Gasteiger partial charge in [0.1, 0.15) is 0 Å². The van der Waals surface area contributed by atoms with Crippen LogP contribution in [0.3, 0.4) is 0 Å². The minimum atomic E-state index is -0.211. The van der Waals surface area contributed by atoms with Gasteiger partial charge in [-0.2, -0.15) is 0 Å². The lowest BCUT2D eigenvalue weighted by atomic mass is 10.1. The maximum absolute atomic E-state index is 12.2. The minimum Gasteiger partial charge on any atom is -0.336 e. The van der Waals surface area contributed by atoms with Crippen molar-refractivity contribution in [2.45, 2.75) is 18.9 Å². The number of nitrogens with zero attached hydrogens (tertiary/aromatic N) is 1. The molecule has 4 nitrogen and oxygen atoms in total. The Hall–Kier alpha value is -2.04. The van der Waals surface area contributed by atoms with Crippen molar-refractivity contribution in [2.24, 2.45) is 0 Å². The molecule has 0 radical (unpaired) electrons. The van der Waals surface area contributed by atoms with Gasteiger partial charge in [-0.15, -0.1) is 0 Å². The summed E-state index contributed by atoms with van der Waals surface area (Å²) in [5.74, 6) is 0. The summed E-state index contributed by atoms with van der Waals surface area (Å²) in [6.45, 7) is 2.74. The Kier molecular flexibility index (Phi) is 5.72. The Morgan fingerprint density at radius 1 is 1.08 bits per heavy atom. The number of hydrogen-bond acceptors (Lipinski definition) is 2. The third kappa shape index (κ3) is 4.49. The molecule has 126 valence electrons. The number of urea groups is 1. The molecule has 5 heteroatoms. The molecule has 0 aliphatic carbocycles. The third-order valence-electron chi connectivity index (χ3n) is 4.30. The van der Waals surface area contributed by atoms with Gasteiger partial charge in [0.25, 0.3) is 0 Å². The summed E-state index contributed by atoms with van der Waals surface area (Å²) >= 11 is 5.94. The van der Waals surface area contributed by atoms with Crippen molar-refractivity contribution >= 4 is 23.3 Å². The summed E-state index contributed by atoms with van der Waals surface area (Å²) in [5.41, 5.74) is 1.93. The van der Waals surface area contributed by atoms with Crippen LogP contribution in [0.25, 0.3) is 0 Å². The monoisotopic (exact) mass is 343 g/mol. The van der Waals surface area contributed by atoms with Gasteiger partial charge in [-0.05, 0) is 49.7 Å².